The fraction of sp³-hybridized carbons (Fsp3) is 0.478. The van der Waals surface area contributed by atoms with Gasteiger partial charge < -0.3 is 10.2 Å². The Kier molecular flexibility index (Phi) is 7.15. The lowest BCUT2D eigenvalue weighted by Gasteiger charge is -2.25. The molecule has 170 valence electrons. The summed E-state index contributed by atoms with van der Waals surface area (Å²) in [6.45, 7) is 8.62. The Morgan fingerprint density at radius 1 is 1.16 bits per heavy atom. The number of hydrogen-bond donors (Lipinski definition) is 1. The molecule has 1 aliphatic heterocycles. The van der Waals surface area contributed by atoms with E-state index in [1.54, 1.807) is 4.57 Å². The van der Waals surface area contributed by atoms with E-state index in [1.165, 1.54) is 35.1 Å². The largest absolute Gasteiger partial charge is 0.348 e. The van der Waals surface area contributed by atoms with Crippen LogP contribution < -0.4 is 15.8 Å². The standard InChI is InChI=1S/C23H29N5O2S2/c1-4-10-28-21(30)19-20(25-22(32-19)27-11-6-5-7-12-27)26-23(28)31-14-18(29)24-17-9-8-15(2)16(3)13-17/h8-9,13H,4-7,10-12,14H2,1-3H3,(H,24,29). The number of benzene rings is 1. The van der Waals surface area contributed by atoms with E-state index in [0.29, 0.717) is 22.0 Å². The predicted molar refractivity (Wildman–Crippen MR) is 133 cm³/mol. The van der Waals surface area contributed by atoms with Gasteiger partial charge in [0.05, 0.1) is 5.75 Å². The fourth-order valence-corrected chi connectivity index (χ4v) is 5.59. The van der Waals surface area contributed by atoms with Crippen molar-refractivity contribution in [2.75, 3.05) is 29.1 Å². The van der Waals surface area contributed by atoms with Crippen molar-refractivity contribution in [3.63, 3.8) is 0 Å². The molecule has 9 heteroatoms. The SMILES string of the molecule is CCCn1c(SCC(=O)Nc2ccc(C)c(C)c2)nc2nc(N3CCCCC3)sc2c1=O. The van der Waals surface area contributed by atoms with Crippen molar-refractivity contribution in [2.24, 2.45) is 0 Å². The lowest BCUT2D eigenvalue weighted by Crippen LogP contribution is -2.29. The van der Waals surface area contributed by atoms with Crippen molar-refractivity contribution < 1.29 is 4.79 Å². The van der Waals surface area contributed by atoms with Gasteiger partial charge in [0.2, 0.25) is 5.91 Å². The molecule has 0 aliphatic carbocycles. The van der Waals surface area contributed by atoms with Gasteiger partial charge in [0.15, 0.2) is 15.9 Å². The number of thiazole rings is 1. The number of aryl methyl sites for hydroxylation is 2. The summed E-state index contributed by atoms with van der Waals surface area (Å²) in [5.74, 6) is 0.0560. The van der Waals surface area contributed by atoms with E-state index in [4.69, 9.17) is 4.98 Å². The minimum atomic E-state index is -0.122. The molecule has 0 radical (unpaired) electrons. The highest BCUT2D eigenvalue weighted by molar-refractivity contribution is 7.99. The van der Waals surface area contributed by atoms with Crippen molar-refractivity contribution in [3.05, 3.63) is 39.7 Å². The van der Waals surface area contributed by atoms with Gasteiger partial charge in [-0.1, -0.05) is 36.1 Å². The third-order valence-electron chi connectivity index (χ3n) is 5.67. The first-order valence-electron chi connectivity index (χ1n) is 11.1. The first-order chi connectivity index (χ1) is 15.5. The van der Waals surface area contributed by atoms with Gasteiger partial charge in [-0.2, -0.15) is 4.98 Å². The molecular formula is C23H29N5O2S2. The number of piperidine rings is 1. The molecule has 1 fully saturated rings. The van der Waals surface area contributed by atoms with Crippen LogP contribution in [-0.2, 0) is 11.3 Å². The number of amides is 1. The van der Waals surface area contributed by atoms with E-state index in [2.05, 4.69) is 15.2 Å². The van der Waals surface area contributed by atoms with Gasteiger partial charge >= 0.3 is 0 Å². The first kappa shape index (κ1) is 22.8. The summed E-state index contributed by atoms with van der Waals surface area (Å²) in [6, 6.07) is 5.86. The topological polar surface area (TPSA) is 80.1 Å². The maximum Gasteiger partial charge on any atom is 0.273 e. The minimum absolute atomic E-state index is 0.0605. The van der Waals surface area contributed by atoms with E-state index < -0.39 is 0 Å². The summed E-state index contributed by atoms with van der Waals surface area (Å²) in [4.78, 5) is 37.4. The van der Waals surface area contributed by atoms with Crippen LogP contribution in [0.25, 0.3) is 10.3 Å². The first-order valence-corrected chi connectivity index (χ1v) is 12.9. The Balaban J connectivity index is 1.54. The van der Waals surface area contributed by atoms with Crippen LogP contribution in [0.1, 0.15) is 43.7 Å². The highest BCUT2D eigenvalue weighted by Gasteiger charge is 2.20. The van der Waals surface area contributed by atoms with Crippen LogP contribution in [0.4, 0.5) is 10.8 Å². The molecule has 0 spiro atoms. The van der Waals surface area contributed by atoms with Crippen LogP contribution in [0, 0.1) is 13.8 Å². The van der Waals surface area contributed by atoms with Crippen LogP contribution in [0.2, 0.25) is 0 Å². The van der Waals surface area contributed by atoms with E-state index >= 15 is 0 Å². The molecule has 3 aromatic rings. The molecule has 1 aliphatic rings. The maximum absolute atomic E-state index is 13.2. The number of carbonyl (C=O) groups is 1. The number of nitrogens with zero attached hydrogens (tertiary/aromatic N) is 4. The van der Waals surface area contributed by atoms with Crippen LogP contribution in [-0.4, -0.2) is 39.3 Å². The molecule has 32 heavy (non-hydrogen) atoms. The zero-order valence-electron chi connectivity index (χ0n) is 18.8. The predicted octanol–water partition coefficient (Wildman–Crippen LogP) is 4.60. The Morgan fingerprint density at radius 2 is 1.94 bits per heavy atom. The third-order valence-corrected chi connectivity index (χ3v) is 7.74. The normalized spacial score (nSPS) is 14.2. The quantitative estimate of drug-likeness (QED) is 0.401. The van der Waals surface area contributed by atoms with Crippen LogP contribution in [0.15, 0.2) is 28.2 Å². The zero-order valence-corrected chi connectivity index (χ0v) is 20.4. The molecule has 0 atom stereocenters. The van der Waals surface area contributed by atoms with Gasteiger partial charge in [-0.3, -0.25) is 14.2 Å². The second-order valence-electron chi connectivity index (χ2n) is 8.18. The summed E-state index contributed by atoms with van der Waals surface area (Å²) < 4.78 is 2.29. The smallest absolute Gasteiger partial charge is 0.273 e. The van der Waals surface area contributed by atoms with E-state index in [9.17, 15) is 9.59 Å². The summed E-state index contributed by atoms with van der Waals surface area (Å²) in [7, 11) is 0. The van der Waals surface area contributed by atoms with Crippen molar-refractivity contribution >= 4 is 50.2 Å². The summed E-state index contributed by atoms with van der Waals surface area (Å²) >= 11 is 2.72. The molecule has 0 bridgehead atoms. The molecule has 1 saturated heterocycles. The fourth-order valence-electron chi connectivity index (χ4n) is 3.77. The second-order valence-corrected chi connectivity index (χ2v) is 10.1. The molecule has 0 saturated carbocycles. The van der Waals surface area contributed by atoms with E-state index in [0.717, 1.165) is 48.7 Å². The van der Waals surface area contributed by atoms with E-state index in [-0.39, 0.29) is 17.2 Å². The van der Waals surface area contributed by atoms with Gasteiger partial charge in [-0.25, -0.2) is 4.98 Å². The van der Waals surface area contributed by atoms with Gasteiger partial charge in [0.1, 0.15) is 4.70 Å². The number of hydrogen-bond acceptors (Lipinski definition) is 7. The monoisotopic (exact) mass is 471 g/mol. The molecule has 3 heterocycles. The number of carbonyl (C=O) groups excluding carboxylic acids is 1. The Bertz CT molecular complexity index is 1180. The third kappa shape index (κ3) is 4.99. The molecule has 1 N–H and O–H groups in total. The van der Waals surface area contributed by atoms with Crippen molar-refractivity contribution in [1.82, 2.24) is 14.5 Å². The highest BCUT2D eigenvalue weighted by Crippen LogP contribution is 2.29. The second kappa shape index (κ2) is 10.0. The van der Waals surface area contributed by atoms with Gasteiger partial charge in [0, 0.05) is 25.3 Å². The zero-order chi connectivity index (χ0) is 22.7. The van der Waals surface area contributed by atoms with Crippen molar-refractivity contribution in [2.45, 2.75) is 58.2 Å². The molecule has 1 amide bonds. The lowest BCUT2D eigenvalue weighted by molar-refractivity contribution is -0.113. The Morgan fingerprint density at radius 3 is 2.66 bits per heavy atom. The van der Waals surface area contributed by atoms with Crippen molar-refractivity contribution in [3.8, 4) is 0 Å². The lowest BCUT2D eigenvalue weighted by atomic mass is 10.1. The van der Waals surface area contributed by atoms with Crippen LogP contribution >= 0.6 is 23.1 Å². The van der Waals surface area contributed by atoms with E-state index in [1.807, 2.05) is 39.0 Å². The van der Waals surface area contributed by atoms with Gasteiger partial charge in [0.25, 0.3) is 5.56 Å². The highest BCUT2D eigenvalue weighted by atomic mass is 32.2. The average Bonchev–Trinajstić information content (AvgIpc) is 3.22. The van der Waals surface area contributed by atoms with Crippen molar-refractivity contribution in [1.29, 1.82) is 0 Å². The molecule has 1 aromatic carbocycles. The number of anilines is 2. The van der Waals surface area contributed by atoms with Gasteiger partial charge in [-0.15, -0.1) is 0 Å². The minimum Gasteiger partial charge on any atom is -0.348 e. The molecule has 4 rings (SSSR count). The number of nitrogens with one attached hydrogen (secondary N) is 1. The average molecular weight is 472 g/mol. The number of aromatic nitrogens is 3. The molecular weight excluding hydrogens is 442 g/mol. The van der Waals surface area contributed by atoms with Crippen LogP contribution in [0.3, 0.4) is 0 Å². The summed E-state index contributed by atoms with van der Waals surface area (Å²) in [5, 5.41) is 4.36. The molecule has 0 unspecified atom stereocenters. The Labute approximate surface area is 196 Å². The number of thioether (sulfide) groups is 1. The maximum atomic E-state index is 13.2. The van der Waals surface area contributed by atoms with Crippen LogP contribution in [0.5, 0.6) is 0 Å². The number of fused-ring (bicyclic) bond motifs is 1. The molecule has 2 aromatic heterocycles. The summed E-state index contributed by atoms with van der Waals surface area (Å²) in [5.41, 5.74) is 3.52. The molecule has 7 nitrogen and oxygen atoms in total. The summed E-state index contributed by atoms with van der Waals surface area (Å²) in [6.07, 6.45) is 4.36. The number of rotatable bonds is 7. The van der Waals surface area contributed by atoms with Gasteiger partial charge in [-0.05, 0) is 62.8 Å². The Hall–Kier alpha value is -2.39.